The van der Waals surface area contributed by atoms with Crippen LogP contribution in [-0.2, 0) is 9.84 Å². The summed E-state index contributed by atoms with van der Waals surface area (Å²) in [6, 6.07) is 10.6. The summed E-state index contributed by atoms with van der Waals surface area (Å²) in [5.41, 5.74) is 1.01. The molecule has 3 aromatic rings. The highest BCUT2D eigenvalue weighted by Crippen LogP contribution is 2.37. The van der Waals surface area contributed by atoms with Crippen LogP contribution in [0, 0.1) is 6.92 Å². The SMILES string of the molecule is Cc1ccc(S(=O)(=O)c2nc(-c3cccs3)oc2N2CCCC2)cc1. The van der Waals surface area contributed by atoms with E-state index in [9.17, 15) is 8.42 Å². The molecule has 1 saturated heterocycles. The minimum Gasteiger partial charge on any atom is -0.418 e. The van der Waals surface area contributed by atoms with Gasteiger partial charge in [0, 0.05) is 13.1 Å². The molecular weight excluding hydrogens is 356 g/mol. The zero-order valence-corrected chi connectivity index (χ0v) is 15.4. The minimum absolute atomic E-state index is 0.0154. The molecule has 3 heterocycles. The van der Waals surface area contributed by atoms with E-state index in [1.54, 1.807) is 24.3 Å². The average molecular weight is 374 g/mol. The van der Waals surface area contributed by atoms with E-state index >= 15 is 0 Å². The highest BCUT2D eigenvalue weighted by molar-refractivity contribution is 7.91. The van der Waals surface area contributed by atoms with Crippen LogP contribution in [0.25, 0.3) is 10.8 Å². The van der Waals surface area contributed by atoms with Gasteiger partial charge in [-0.1, -0.05) is 23.8 Å². The molecule has 1 aliphatic rings. The maximum absolute atomic E-state index is 13.2. The maximum atomic E-state index is 13.2. The third-order valence-electron chi connectivity index (χ3n) is 4.29. The van der Waals surface area contributed by atoms with Crippen molar-refractivity contribution in [3.63, 3.8) is 0 Å². The summed E-state index contributed by atoms with van der Waals surface area (Å²) in [7, 11) is -3.74. The molecule has 0 unspecified atom stereocenters. The number of rotatable bonds is 4. The van der Waals surface area contributed by atoms with Crippen molar-refractivity contribution in [2.45, 2.75) is 29.7 Å². The standard InChI is InChI=1S/C18H18N2O3S2/c1-13-6-8-14(9-7-13)25(21,22)17-18(20-10-2-3-11-20)23-16(19-17)15-5-4-12-24-15/h4-9,12H,2-3,10-11H2,1H3. The van der Waals surface area contributed by atoms with Gasteiger partial charge in [-0.05, 0) is 43.3 Å². The third kappa shape index (κ3) is 2.98. The van der Waals surface area contributed by atoms with Crippen molar-refractivity contribution < 1.29 is 12.8 Å². The van der Waals surface area contributed by atoms with Crippen LogP contribution in [0.5, 0.6) is 0 Å². The van der Waals surface area contributed by atoms with E-state index < -0.39 is 9.84 Å². The lowest BCUT2D eigenvalue weighted by Gasteiger charge is -2.14. The lowest BCUT2D eigenvalue weighted by molar-refractivity contribution is 0.557. The van der Waals surface area contributed by atoms with Crippen molar-refractivity contribution in [1.82, 2.24) is 4.98 Å². The Hall–Kier alpha value is -2.12. The molecule has 1 aliphatic heterocycles. The van der Waals surface area contributed by atoms with Crippen LogP contribution in [0.15, 0.2) is 56.1 Å². The molecule has 0 amide bonds. The zero-order chi connectivity index (χ0) is 17.4. The number of sulfone groups is 1. The molecule has 5 nitrogen and oxygen atoms in total. The van der Waals surface area contributed by atoms with Gasteiger partial charge < -0.3 is 9.32 Å². The Kier molecular flexibility index (Phi) is 4.13. The number of hydrogen-bond donors (Lipinski definition) is 0. The molecule has 1 aromatic carbocycles. The largest absolute Gasteiger partial charge is 0.418 e. The molecule has 4 rings (SSSR count). The van der Waals surface area contributed by atoms with Crippen LogP contribution in [-0.4, -0.2) is 26.5 Å². The summed E-state index contributed by atoms with van der Waals surface area (Å²) in [5, 5.41) is 1.94. The van der Waals surface area contributed by atoms with E-state index in [0.29, 0.717) is 11.8 Å². The Morgan fingerprint density at radius 2 is 1.84 bits per heavy atom. The minimum atomic E-state index is -3.74. The van der Waals surface area contributed by atoms with Crippen molar-refractivity contribution in [3.8, 4) is 10.8 Å². The lowest BCUT2D eigenvalue weighted by Crippen LogP contribution is -2.19. The van der Waals surface area contributed by atoms with E-state index in [-0.39, 0.29) is 9.92 Å². The second-order valence-corrected chi connectivity index (χ2v) is 8.93. The summed E-state index contributed by atoms with van der Waals surface area (Å²) >= 11 is 1.48. The molecule has 0 aliphatic carbocycles. The molecular formula is C18H18N2O3S2. The van der Waals surface area contributed by atoms with Crippen LogP contribution in [0.1, 0.15) is 18.4 Å². The van der Waals surface area contributed by atoms with E-state index in [2.05, 4.69) is 4.98 Å². The first-order valence-corrected chi connectivity index (χ1v) is 10.5. The zero-order valence-electron chi connectivity index (χ0n) is 13.8. The van der Waals surface area contributed by atoms with Crippen LogP contribution in [0.2, 0.25) is 0 Å². The predicted molar refractivity (Wildman–Crippen MR) is 97.9 cm³/mol. The number of oxazole rings is 1. The summed E-state index contributed by atoms with van der Waals surface area (Å²) in [4.78, 5) is 7.42. The summed E-state index contributed by atoms with van der Waals surface area (Å²) in [6.07, 6.45) is 2.05. The van der Waals surface area contributed by atoms with Crippen LogP contribution in [0.3, 0.4) is 0 Å². The first-order chi connectivity index (χ1) is 12.1. The highest BCUT2D eigenvalue weighted by Gasteiger charge is 2.32. The van der Waals surface area contributed by atoms with Crippen molar-refractivity contribution in [1.29, 1.82) is 0 Å². The molecule has 0 N–H and O–H groups in total. The second-order valence-electron chi connectivity index (χ2n) is 6.12. The number of aromatic nitrogens is 1. The van der Waals surface area contributed by atoms with Gasteiger partial charge in [0.15, 0.2) is 0 Å². The Morgan fingerprint density at radius 1 is 1.12 bits per heavy atom. The predicted octanol–water partition coefficient (Wildman–Crippen LogP) is 4.14. The Balaban J connectivity index is 1.85. The summed E-state index contributed by atoms with van der Waals surface area (Å²) in [6.45, 7) is 3.50. The van der Waals surface area contributed by atoms with Crippen molar-refractivity contribution >= 4 is 27.1 Å². The van der Waals surface area contributed by atoms with Crippen LogP contribution < -0.4 is 4.90 Å². The van der Waals surface area contributed by atoms with E-state index in [4.69, 9.17) is 4.42 Å². The monoisotopic (exact) mass is 374 g/mol. The number of nitrogens with zero attached hydrogens (tertiary/aromatic N) is 2. The number of benzene rings is 1. The molecule has 25 heavy (non-hydrogen) atoms. The van der Waals surface area contributed by atoms with Gasteiger partial charge in [-0.25, -0.2) is 8.42 Å². The fraction of sp³-hybridized carbons (Fsp3) is 0.278. The van der Waals surface area contributed by atoms with Crippen molar-refractivity contribution in [2.75, 3.05) is 18.0 Å². The molecule has 0 radical (unpaired) electrons. The lowest BCUT2D eigenvalue weighted by atomic mass is 10.2. The van der Waals surface area contributed by atoms with Crippen molar-refractivity contribution in [3.05, 3.63) is 47.3 Å². The number of anilines is 1. The Bertz CT molecular complexity index is 968. The van der Waals surface area contributed by atoms with Crippen LogP contribution >= 0.6 is 11.3 Å². The summed E-state index contributed by atoms with van der Waals surface area (Å²) < 4.78 is 32.2. The van der Waals surface area contributed by atoms with Gasteiger partial charge in [0.1, 0.15) is 0 Å². The molecule has 2 aromatic heterocycles. The summed E-state index contributed by atoms with van der Waals surface area (Å²) in [5.74, 6) is 0.726. The molecule has 1 fully saturated rings. The van der Waals surface area contributed by atoms with E-state index in [1.807, 2.05) is 29.3 Å². The molecule has 130 valence electrons. The molecule has 7 heteroatoms. The molecule has 0 bridgehead atoms. The molecule has 0 spiro atoms. The Morgan fingerprint density at radius 3 is 2.48 bits per heavy atom. The van der Waals surface area contributed by atoms with Gasteiger partial charge in [-0.2, -0.15) is 4.98 Å². The first-order valence-electron chi connectivity index (χ1n) is 8.17. The Labute approximate surface area is 150 Å². The van der Waals surface area contributed by atoms with Gasteiger partial charge in [0.2, 0.25) is 26.6 Å². The molecule has 0 atom stereocenters. The third-order valence-corrected chi connectivity index (χ3v) is 6.82. The van der Waals surface area contributed by atoms with Gasteiger partial charge in [-0.15, -0.1) is 11.3 Å². The smallest absolute Gasteiger partial charge is 0.240 e. The normalized spacial score (nSPS) is 15.0. The maximum Gasteiger partial charge on any atom is 0.240 e. The van der Waals surface area contributed by atoms with Gasteiger partial charge >= 0.3 is 0 Å². The first kappa shape index (κ1) is 16.4. The fourth-order valence-electron chi connectivity index (χ4n) is 2.93. The number of hydrogen-bond acceptors (Lipinski definition) is 6. The molecule has 0 saturated carbocycles. The van der Waals surface area contributed by atoms with Gasteiger partial charge in [0.05, 0.1) is 9.77 Å². The van der Waals surface area contributed by atoms with Crippen molar-refractivity contribution in [2.24, 2.45) is 0 Å². The number of thiophene rings is 1. The van der Waals surface area contributed by atoms with E-state index in [1.165, 1.54) is 11.3 Å². The fourth-order valence-corrected chi connectivity index (χ4v) is 4.90. The quantitative estimate of drug-likeness (QED) is 0.687. The topological polar surface area (TPSA) is 63.4 Å². The van der Waals surface area contributed by atoms with Gasteiger partial charge in [-0.3, -0.25) is 0 Å². The highest BCUT2D eigenvalue weighted by atomic mass is 32.2. The van der Waals surface area contributed by atoms with Gasteiger partial charge in [0.25, 0.3) is 0 Å². The van der Waals surface area contributed by atoms with Crippen LogP contribution in [0.4, 0.5) is 5.88 Å². The number of aryl methyl sites for hydroxylation is 1. The van der Waals surface area contributed by atoms with E-state index in [0.717, 1.165) is 36.4 Å². The second kappa shape index (κ2) is 6.31. The average Bonchev–Trinajstić information content (AvgIpc) is 3.34.